The number of nitrogens with one attached hydrogen (secondary N) is 1. The number of urea groups is 1. The van der Waals surface area contributed by atoms with Gasteiger partial charge < -0.3 is 9.64 Å². The zero-order valence-corrected chi connectivity index (χ0v) is 17.2. The summed E-state index contributed by atoms with van der Waals surface area (Å²) in [5.41, 5.74) is 0.356. The van der Waals surface area contributed by atoms with Gasteiger partial charge in [0.05, 0.1) is 12.8 Å². The van der Waals surface area contributed by atoms with Crippen LogP contribution in [0.15, 0.2) is 47.4 Å². The summed E-state index contributed by atoms with van der Waals surface area (Å²) in [6.07, 6.45) is 0.274. The minimum atomic E-state index is -4.28. The molecule has 164 valence electrons. The van der Waals surface area contributed by atoms with E-state index in [0.717, 1.165) is 17.0 Å². The van der Waals surface area contributed by atoms with Crippen molar-refractivity contribution in [3.05, 3.63) is 54.1 Å². The molecule has 4 rings (SSSR count). The largest absolute Gasteiger partial charge is 0.497 e. The SMILES string of the molecule is COc1cccc(N2C(=O)C3CC(NS(=O)(=O)c4ccc(F)cc4F)CCN3C2=O)c1. The number of benzene rings is 2. The molecule has 2 fully saturated rings. The van der Waals surface area contributed by atoms with Crippen molar-refractivity contribution in [2.75, 3.05) is 18.6 Å². The molecule has 0 aromatic heterocycles. The van der Waals surface area contributed by atoms with E-state index in [0.29, 0.717) is 17.5 Å². The first kappa shape index (κ1) is 21.2. The van der Waals surface area contributed by atoms with Gasteiger partial charge in [0.25, 0.3) is 5.91 Å². The third-order valence-corrected chi connectivity index (χ3v) is 6.92. The molecule has 2 atom stereocenters. The number of imide groups is 1. The van der Waals surface area contributed by atoms with Crippen LogP contribution in [-0.4, -0.2) is 51.0 Å². The lowest BCUT2D eigenvalue weighted by molar-refractivity contribution is -0.120. The highest BCUT2D eigenvalue weighted by Crippen LogP contribution is 2.32. The van der Waals surface area contributed by atoms with Gasteiger partial charge in [0.15, 0.2) is 0 Å². The van der Waals surface area contributed by atoms with Crippen LogP contribution in [0.5, 0.6) is 5.75 Å². The second-order valence-corrected chi connectivity index (χ2v) is 8.97. The fourth-order valence-electron chi connectivity index (χ4n) is 3.87. The number of nitrogens with zero attached hydrogens (tertiary/aromatic N) is 2. The Morgan fingerprint density at radius 3 is 2.61 bits per heavy atom. The number of halogens is 2. The number of hydrogen-bond acceptors (Lipinski definition) is 5. The Hall–Kier alpha value is -3.05. The van der Waals surface area contributed by atoms with Crippen LogP contribution in [0.3, 0.4) is 0 Å². The van der Waals surface area contributed by atoms with E-state index < -0.39 is 50.6 Å². The van der Waals surface area contributed by atoms with Gasteiger partial charge in [-0.2, -0.15) is 0 Å². The topological polar surface area (TPSA) is 96.0 Å². The number of rotatable bonds is 5. The van der Waals surface area contributed by atoms with Crippen molar-refractivity contribution in [1.82, 2.24) is 9.62 Å². The van der Waals surface area contributed by atoms with Gasteiger partial charge in [-0.15, -0.1) is 0 Å². The fraction of sp³-hybridized carbons (Fsp3) is 0.300. The predicted molar refractivity (Wildman–Crippen MR) is 106 cm³/mol. The van der Waals surface area contributed by atoms with Crippen LogP contribution in [0.25, 0.3) is 0 Å². The summed E-state index contributed by atoms with van der Waals surface area (Å²) in [7, 11) is -2.81. The normalized spacial score (nSPS) is 21.4. The second-order valence-electron chi connectivity index (χ2n) is 7.28. The lowest BCUT2D eigenvalue weighted by Crippen LogP contribution is -2.49. The van der Waals surface area contributed by atoms with Crippen molar-refractivity contribution < 1.29 is 31.5 Å². The van der Waals surface area contributed by atoms with Crippen LogP contribution in [0.2, 0.25) is 0 Å². The molecule has 2 saturated heterocycles. The van der Waals surface area contributed by atoms with E-state index in [2.05, 4.69) is 4.72 Å². The van der Waals surface area contributed by atoms with Crippen molar-refractivity contribution in [2.45, 2.75) is 29.8 Å². The van der Waals surface area contributed by atoms with E-state index in [1.165, 1.54) is 12.0 Å². The van der Waals surface area contributed by atoms with Gasteiger partial charge in [0, 0.05) is 24.7 Å². The van der Waals surface area contributed by atoms with Crippen molar-refractivity contribution in [3.63, 3.8) is 0 Å². The number of sulfonamides is 1. The van der Waals surface area contributed by atoms with E-state index in [1.807, 2.05) is 0 Å². The van der Waals surface area contributed by atoms with Crippen LogP contribution in [0.4, 0.5) is 19.3 Å². The molecule has 2 aliphatic heterocycles. The lowest BCUT2D eigenvalue weighted by Gasteiger charge is -2.32. The molecule has 0 radical (unpaired) electrons. The number of carbonyl (C=O) groups is 2. The average molecular weight is 451 g/mol. The van der Waals surface area contributed by atoms with Crippen LogP contribution < -0.4 is 14.4 Å². The molecule has 2 aliphatic rings. The van der Waals surface area contributed by atoms with Crippen LogP contribution in [-0.2, 0) is 14.8 Å². The summed E-state index contributed by atoms with van der Waals surface area (Å²) in [6, 6.07) is 6.65. The Balaban J connectivity index is 1.53. The number of amides is 3. The third-order valence-electron chi connectivity index (χ3n) is 5.36. The molecular weight excluding hydrogens is 432 g/mol. The molecule has 0 spiro atoms. The van der Waals surface area contributed by atoms with Gasteiger partial charge in [-0.3, -0.25) is 4.79 Å². The maximum atomic E-state index is 13.9. The number of ether oxygens (including phenoxy) is 1. The number of methoxy groups -OCH3 is 1. The van der Waals surface area contributed by atoms with E-state index >= 15 is 0 Å². The van der Waals surface area contributed by atoms with E-state index in [-0.39, 0.29) is 19.4 Å². The Labute approximate surface area is 177 Å². The van der Waals surface area contributed by atoms with Gasteiger partial charge >= 0.3 is 6.03 Å². The highest BCUT2D eigenvalue weighted by Gasteiger charge is 2.49. The number of anilines is 1. The minimum Gasteiger partial charge on any atom is -0.497 e. The van der Waals surface area contributed by atoms with Gasteiger partial charge in [-0.05, 0) is 37.1 Å². The quantitative estimate of drug-likeness (QED) is 0.704. The van der Waals surface area contributed by atoms with Gasteiger partial charge in [-0.1, -0.05) is 6.07 Å². The maximum absolute atomic E-state index is 13.9. The zero-order valence-electron chi connectivity index (χ0n) is 16.4. The summed E-state index contributed by atoms with van der Waals surface area (Å²) >= 11 is 0. The summed E-state index contributed by atoms with van der Waals surface area (Å²) in [4.78, 5) is 27.5. The highest BCUT2D eigenvalue weighted by atomic mass is 32.2. The van der Waals surface area contributed by atoms with Crippen LogP contribution in [0.1, 0.15) is 12.8 Å². The summed E-state index contributed by atoms with van der Waals surface area (Å²) in [6.45, 7) is 0.148. The van der Waals surface area contributed by atoms with E-state index in [9.17, 15) is 26.8 Å². The molecule has 8 nitrogen and oxygen atoms in total. The molecule has 0 bridgehead atoms. The van der Waals surface area contributed by atoms with Gasteiger partial charge in [0.2, 0.25) is 10.0 Å². The monoisotopic (exact) mass is 451 g/mol. The van der Waals surface area contributed by atoms with Gasteiger partial charge in [-0.25, -0.2) is 31.6 Å². The highest BCUT2D eigenvalue weighted by molar-refractivity contribution is 7.89. The van der Waals surface area contributed by atoms with Crippen molar-refractivity contribution in [2.24, 2.45) is 0 Å². The van der Waals surface area contributed by atoms with E-state index in [4.69, 9.17) is 4.74 Å². The number of hydrogen-bond donors (Lipinski definition) is 1. The Kier molecular flexibility index (Phi) is 5.40. The van der Waals surface area contributed by atoms with Crippen LogP contribution >= 0.6 is 0 Å². The molecule has 1 N–H and O–H groups in total. The van der Waals surface area contributed by atoms with Crippen LogP contribution in [0, 0.1) is 11.6 Å². The molecule has 31 heavy (non-hydrogen) atoms. The Morgan fingerprint density at radius 2 is 1.90 bits per heavy atom. The zero-order chi connectivity index (χ0) is 22.3. The third kappa shape index (κ3) is 3.86. The molecule has 0 aliphatic carbocycles. The molecule has 2 aromatic carbocycles. The number of carbonyl (C=O) groups excluding carboxylic acids is 2. The molecule has 3 amide bonds. The lowest BCUT2D eigenvalue weighted by atomic mass is 9.99. The number of fused-ring (bicyclic) bond motifs is 1. The molecule has 2 aromatic rings. The first-order chi connectivity index (χ1) is 14.7. The minimum absolute atomic E-state index is 0.0348. The van der Waals surface area contributed by atoms with Gasteiger partial charge in [0.1, 0.15) is 28.3 Å². The first-order valence-electron chi connectivity index (χ1n) is 9.47. The molecule has 11 heteroatoms. The smallest absolute Gasteiger partial charge is 0.332 e. The van der Waals surface area contributed by atoms with Crippen molar-refractivity contribution in [1.29, 1.82) is 0 Å². The Morgan fingerprint density at radius 1 is 1.13 bits per heavy atom. The molecular formula is C20H19F2N3O5S. The summed E-state index contributed by atoms with van der Waals surface area (Å²) < 4.78 is 59.7. The summed E-state index contributed by atoms with van der Waals surface area (Å²) in [5.74, 6) is -2.09. The van der Waals surface area contributed by atoms with E-state index in [1.54, 1.807) is 24.3 Å². The van der Waals surface area contributed by atoms with Crippen molar-refractivity contribution in [3.8, 4) is 5.75 Å². The number of piperidine rings is 1. The fourth-order valence-corrected chi connectivity index (χ4v) is 5.21. The average Bonchev–Trinajstić information content (AvgIpc) is 2.97. The maximum Gasteiger partial charge on any atom is 0.332 e. The van der Waals surface area contributed by atoms with Crippen molar-refractivity contribution >= 4 is 27.6 Å². The Bertz CT molecular complexity index is 1160. The molecule has 2 heterocycles. The standard InChI is InChI=1S/C20H19F2N3O5S/c1-30-15-4-2-3-14(11-15)25-19(26)17-10-13(7-8-24(17)20(25)27)23-31(28,29)18-6-5-12(21)9-16(18)22/h2-6,9,11,13,17,23H,7-8,10H2,1H3. The summed E-state index contributed by atoms with van der Waals surface area (Å²) in [5, 5.41) is 0. The first-order valence-corrected chi connectivity index (χ1v) is 11.0. The second kappa shape index (κ2) is 7.89. The molecule has 2 unspecified atom stereocenters. The molecule has 0 saturated carbocycles. The predicted octanol–water partition coefficient (Wildman–Crippen LogP) is 2.25.